The van der Waals surface area contributed by atoms with E-state index in [-0.39, 0.29) is 11.3 Å². The molecule has 0 aliphatic carbocycles. The van der Waals surface area contributed by atoms with Crippen LogP contribution < -0.4 is 0 Å². The van der Waals surface area contributed by atoms with E-state index in [1.807, 2.05) is 20.8 Å². The maximum absolute atomic E-state index is 12.1. The predicted molar refractivity (Wildman–Crippen MR) is 86.4 cm³/mol. The molecule has 0 bridgehead atoms. The molecule has 0 aliphatic heterocycles. The quantitative estimate of drug-likeness (QED) is 0.490. The van der Waals surface area contributed by atoms with Crippen molar-refractivity contribution in [3.8, 4) is 0 Å². The van der Waals surface area contributed by atoms with Gasteiger partial charge in [-0.3, -0.25) is 4.79 Å². The number of ether oxygens (including phenoxy) is 1. The lowest BCUT2D eigenvalue weighted by molar-refractivity contribution is 0.0397. The zero-order valence-electron chi connectivity index (χ0n) is 13.3. The van der Waals surface area contributed by atoms with Crippen LogP contribution in [-0.2, 0) is 4.74 Å². The molecule has 4 nitrogen and oxygen atoms in total. The summed E-state index contributed by atoms with van der Waals surface area (Å²) < 4.78 is 4.83. The van der Waals surface area contributed by atoms with E-state index in [2.05, 4.69) is 0 Å². The first-order valence-electron chi connectivity index (χ1n) is 7.25. The number of Topliss-reactive ketones (excluding diaryl/α,β-unsaturated/α-hetero) is 1. The molecule has 118 valence electrons. The van der Waals surface area contributed by atoms with Gasteiger partial charge in [0.25, 0.3) is 0 Å². The highest BCUT2D eigenvalue weighted by Gasteiger charge is 2.23. The van der Waals surface area contributed by atoms with Crippen molar-refractivity contribution in [3.63, 3.8) is 0 Å². The van der Waals surface area contributed by atoms with Gasteiger partial charge < -0.3 is 4.74 Å². The second kappa shape index (κ2) is 6.57. The molecule has 0 aromatic heterocycles. The maximum Gasteiger partial charge on any atom is 0.346 e. The van der Waals surface area contributed by atoms with Gasteiger partial charge in [0.05, 0.1) is 11.1 Å². The Morgan fingerprint density at radius 2 is 1.13 bits per heavy atom. The van der Waals surface area contributed by atoms with Crippen LogP contribution in [0.3, 0.4) is 0 Å². The van der Waals surface area contributed by atoms with Crippen molar-refractivity contribution < 1.29 is 19.1 Å². The van der Waals surface area contributed by atoms with E-state index in [9.17, 15) is 14.4 Å². The fraction of sp³-hybridized carbons (Fsp3) is 0.211. The Hall–Kier alpha value is -2.75. The van der Waals surface area contributed by atoms with Gasteiger partial charge in [-0.05, 0) is 24.3 Å². The number of hydrogen-bond donors (Lipinski definition) is 0. The Labute approximate surface area is 135 Å². The van der Waals surface area contributed by atoms with E-state index in [1.165, 1.54) is 12.1 Å². The molecule has 2 aromatic rings. The van der Waals surface area contributed by atoms with Crippen molar-refractivity contribution in [1.29, 1.82) is 0 Å². The van der Waals surface area contributed by atoms with Gasteiger partial charge >= 0.3 is 11.9 Å². The zero-order chi connectivity index (χ0) is 17.0. The minimum atomic E-state index is -0.742. The van der Waals surface area contributed by atoms with Crippen LogP contribution in [0, 0.1) is 5.41 Å². The molecule has 0 unspecified atom stereocenters. The molecular formula is C19H18O4. The lowest BCUT2D eigenvalue weighted by Gasteiger charge is -2.16. The second-order valence-corrected chi connectivity index (χ2v) is 6.20. The number of rotatable bonds is 3. The topological polar surface area (TPSA) is 60.4 Å². The number of carbonyl (C=O) groups is 3. The monoisotopic (exact) mass is 310 g/mol. The van der Waals surface area contributed by atoms with Crippen molar-refractivity contribution in [2.75, 3.05) is 0 Å². The fourth-order valence-electron chi connectivity index (χ4n) is 1.97. The van der Waals surface area contributed by atoms with Gasteiger partial charge in [-0.15, -0.1) is 0 Å². The molecule has 0 spiro atoms. The van der Waals surface area contributed by atoms with E-state index in [1.54, 1.807) is 42.5 Å². The van der Waals surface area contributed by atoms with Gasteiger partial charge in [-0.2, -0.15) is 0 Å². The molecule has 23 heavy (non-hydrogen) atoms. The van der Waals surface area contributed by atoms with E-state index >= 15 is 0 Å². The Morgan fingerprint density at radius 1 is 0.696 bits per heavy atom. The summed E-state index contributed by atoms with van der Waals surface area (Å²) in [6, 6.07) is 14.4. The van der Waals surface area contributed by atoms with Crippen LogP contribution in [0.15, 0.2) is 54.6 Å². The third-order valence-corrected chi connectivity index (χ3v) is 3.26. The molecule has 0 atom stereocenters. The summed E-state index contributed by atoms with van der Waals surface area (Å²) >= 11 is 0. The molecule has 0 saturated heterocycles. The number of esters is 2. The van der Waals surface area contributed by atoms with E-state index < -0.39 is 17.4 Å². The zero-order valence-corrected chi connectivity index (χ0v) is 13.3. The summed E-state index contributed by atoms with van der Waals surface area (Å²) in [6.07, 6.45) is 0. The Bertz CT molecular complexity index is 722. The third-order valence-electron chi connectivity index (χ3n) is 3.26. The maximum atomic E-state index is 12.1. The second-order valence-electron chi connectivity index (χ2n) is 6.20. The lowest BCUT2D eigenvalue weighted by atomic mass is 9.86. The van der Waals surface area contributed by atoms with Crippen molar-refractivity contribution in [1.82, 2.24) is 0 Å². The smallest absolute Gasteiger partial charge is 0.346 e. The summed E-state index contributed by atoms with van der Waals surface area (Å²) in [4.78, 5) is 36.0. The van der Waals surface area contributed by atoms with Gasteiger partial charge in [0.1, 0.15) is 0 Å². The molecule has 4 heteroatoms. The standard InChI is InChI=1S/C19H18O4/c1-19(2,3)16(20)13-9-11-15(12-10-13)18(22)23-17(21)14-7-5-4-6-8-14/h4-12H,1-3H3. The molecule has 0 N–H and O–H groups in total. The van der Waals surface area contributed by atoms with Crippen LogP contribution in [-0.4, -0.2) is 17.7 Å². The molecule has 0 amide bonds. The summed E-state index contributed by atoms with van der Waals surface area (Å²) in [5, 5.41) is 0. The Balaban J connectivity index is 2.09. The van der Waals surface area contributed by atoms with Gasteiger partial charge in [-0.25, -0.2) is 9.59 Å². The summed E-state index contributed by atoms with van der Waals surface area (Å²) in [6.45, 7) is 5.49. The van der Waals surface area contributed by atoms with Crippen LogP contribution >= 0.6 is 0 Å². The predicted octanol–water partition coefficient (Wildman–Crippen LogP) is 3.91. The minimum absolute atomic E-state index is 0.0159. The van der Waals surface area contributed by atoms with Gasteiger partial charge in [0.2, 0.25) is 0 Å². The first-order valence-corrected chi connectivity index (χ1v) is 7.25. The van der Waals surface area contributed by atoms with Crippen LogP contribution in [0.1, 0.15) is 51.8 Å². The summed E-state index contributed by atoms with van der Waals surface area (Å²) in [5.41, 5.74) is 0.550. The molecule has 2 aromatic carbocycles. The van der Waals surface area contributed by atoms with E-state index in [4.69, 9.17) is 4.74 Å². The van der Waals surface area contributed by atoms with E-state index in [0.717, 1.165) is 0 Å². The number of carbonyl (C=O) groups excluding carboxylic acids is 3. The summed E-state index contributed by atoms with van der Waals surface area (Å²) in [5.74, 6) is -1.46. The third kappa shape index (κ3) is 4.13. The molecule has 0 radical (unpaired) electrons. The van der Waals surface area contributed by atoms with Crippen molar-refractivity contribution in [2.24, 2.45) is 5.41 Å². The number of benzene rings is 2. The van der Waals surface area contributed by atoms with Gasteiger partial charge in [-0.1, -0.05) is 51.1 Å². The Kier molecular flexibility index (Phi) is 4.74. The lowest BCUT2D eigenvalue weighted by Crippen LogP contribution is -2.20. The molecule has 0 fully saturated rings. The first-order chi connectivity index (χ1) is 10.8. The average molecular weight is 310 g/mol. The molecule has 0 aliphatic rings. The van der Waals surface area contributed by atoms with Crippen LogP contribution in [0.5, 0.6) is 0 Å². The minimum Gasteiger partial charge on any atom is -0.386 e. The normalized spacial score (nSPS) is 10.9. The van der Waals surface area contributed by atoms with Crippen molar-refractivity contribution >= 4 is 17.7 Å². The first kappa shape index (κ1) is 16.6. The van der Waals surface area contributed by atoms with Gasteiger partial charge in [0, 0.05) is 11.0 Å². The van der Waals surface area contributed by atoms with Crippen LogP contribution in [0.25, 0.3) is 0 Å². The SMILES string of the molecule is CC(C)(C)C(=O)c1ccc(C(=O)OC(=O)c2ccccc2)cc1. The highest BCUT2D eigenvalue weighted by Crippen LogP contribution is 2.21. The van der Waals surface area contributed by atoms with Gasteiger partial charge in [0.15, 0.2) is 5.78 Å². The highest BCUT2D eigenvalue weighted by molar-refractivity contribution is 6.04. The number of ketones is 1. The molecule has 2 rings (SSSR count). The highest BCUT2D eigenvalue weighted by atomic mass is 16.6. The average Bonchev–Trinajstić information content (AvgIpc) is 2.54. The van der Waals surface area contributed by atoms with Crippen LogP contribution in [0.4, 0.5) is 0 Å². The largest absolute Gasteiger partial charge is 0.386 e. The molecular weight excluding hydrogens is 292 g/mol. The number of hydrogen-bond acceptors (Lipinski definition) is 4. The summed E-state index contributed by atoms with van der Waals surface area (Å²) in [7, 11) is 0. The van der Waals surface area contributed by atoms with Crippen LogP contribution in [0.2, 0.25) is 0 Å². The molecule has 0 heterocycles. The molecule has 0 saturated carbocycles. The fourth-order valence-corrected chi connectivity index (χ4v) is 1.97. The van der Waals surface area contributed by atoms with E-state index in [0.29, 0.717) is 11.1 Å². The Morgan fingerprint density at radius 3 is 1.61 bits per heavy atom. The van der Waals surface area contributed by atoms with Crippen molar-refractivity contribution in [3.05, 3.63) is 71.3 Å². The van der Waals surface area contributed by atoms with Crippen molar-refractivity contribution in [2.45, 2.75) is 20.8 Å².